The van der Waals surface area contributed by atoms with Crippen LogP contribution in [0.2, 0.25) is 0 Å². The summed E-state index contributed by atoms with van der Waals surface area (Å²) >= 11 is 0. The van der Waals surface area contributed by atoms with Crippen molar-refractivity contribution in [2.45, 2.75) is 52.9 Å². The van der Waals surface area contributed by atoms with E-state index >= 15 is 0 Å². The molecule has 6 nitrogen and oxygen atoms in total. The van der Waals surface area contributed by atoms with Gasteiger partial charge in [-0.25, -0.2) is 15.0 Å². The fourth-order valence-electron chi connectivity index (χ4n) is 3.34. The van der Waals surface area contributed by atoms with E-state index in [0.717, 1.165) is 49.0 Å². The first kappa shape index (κ1) is 17.6. The van der Waals surface area contributed by atoms with Gasteiger partial charge >= 0.3 is 0 Å². The molecule has 0 bridgehead atoms. The number of H-pyrrole nitrogens is 1. The summed E-state index contributed by atoms with van der Waals surface area (Å²) in [5.41, 5.74) is 1.83. The Kier molecular flexibility index (Phi) is 4.88. The standard InChI is InChI=1S/C19H27N5O/c1-13-22-15(10-16(23-13)18-20-7-8-21-18)14-6-5-9-24(12-14)17(25)11-19(2,3)4/h7-8,10,14H,5-6,9,11-12H2,1-4H3,(H,20,21). The zero-order chi connectivity index (χ0) is 18.0. The van der Waals surface area contributed by atoms with Crippen molar-refractivity contribution in [3.63, 3.8) is 0 Å². The number of carbonyl (C=O) groups is 1. The molecule has 1 saturated heterocycles. The van der Waals surface area contributed by atoms with Gasteiger partial charge in [-0.2, -0.15) is 0 Å². The molecule has 3 heterocycles. The topological polar surface area (TPSA) is 74.8 Å². The molecule has 0 aliphatic carbocycles. The Labute approximate surface area is 149 Å². The Morgan fingerprint density at radius 3 is 2.84 bits per heavy atom. The van der Waals surface area contributed by atoms with E-state index in [2.05, 4.69) is 40.7 Å². The Morgan fingerprint density at radius 1 is 1.36 bits per heavy atom. The summed E-state index contributed by atoms with van der Waals surface area (Å²) in [7, 11) is 0. The van der Waals surface area contributed by atoms with Crippen molar-refractivity contribution in [3.8, 4) is 11.5 Å². The van der Waals surface area contributed by atoms with Gasteiger partial charge in [0.1, 0.15) is 11.5 Å². The van der Waals surface area contributed by atoms with Crippen LogP contribution >= 0.6 is 0 Å². The molecule has 1 amide bonds. The van der Waals surface area contributed by atoms with Gasteiger partial charge in [0.25, 0.3) is 0 Å². The fraction of sp³-hybridized carbons (Fsp3) is 0.579. The van der Waals surface area contributed by atoms with E-state index < -0.39 is 0 Å². The molecule has 134 valence electrons. The molecule has 0 radical (unpaired) electrons. The molecular weight excluding hydrogens is 314 g/mol. The lowest BCUT2D eigenvalue weighted by molar-refractivity contribution is -0.134. The van der Waals surface area contributed by atoms with Crippen LogP contribution in [0.3, 0.4) is 0 Å². The average molecular weight is 341 g/mol. The zero-order valence-electron chi connectivity index (χ0n) is 15.5. The molecule has 0 saturated carbocycles. The largest absolute Gasteiger partial charge is 0.343 e. The predicted molar refractivity (Wildman–Crippen MR) is 97.0 cm³/mol. The van der Waals surface area contributed by atoms with E-state index in [9.17, 15) is 4.79 Å². The molecule has 0 aromatic carbocycles. The normalized spacial score (nSPS) is 18.4. The summed E-state index contributed by atoms with van der Waals surface area (Å²) in [6.07, 6.45) is 6.16. The van der Waals surface area contributed by atoms with Crippen molar-refractivity contribution in [3.05, 3.63) is 30.0 Å². The van der Waals surface area contributed by atoms with Gasteiger partial charge in [0.15, 0.2) is 5.82 Å². The third kappa shape index (κ3) is 4.44. The number of aryl methyl sites for hydroxylation is 1. The van der Waals surface area contributed by atoms with Gasteiger partial charge in [-0.1, -0.05) is 20.8 Å². The molecule has 1 N–H and O–H groups in total. The molecule has 0 spiro atoms. The van der Waals surface area contributed by atoms with E-state index in [-0.39, 0.29) is 17.2 Å². The van der Waals surface area contributed by atoms with Gasteiger partial charge in [-0.15, -0.1) is 0 Å². The Hall–Kier alpha value is -2.24. The smallest absolute Gasteiger partial charge is 0.223 e. The Bertz CT molecular complexity index is 733. The highest BCUT2D eigenvalue weighted by Crippen LogP contribution is 2.29. The van der Waals surface area contributed by atoms with Gasteiger partial charge in [0, 0.05) is 43.5 Å². The quantitative estimate of drug-likeness (QED) is 0.929. The van der Waals surface area contributed by atoms with Crippen LogP contribution in [0.15, 0.2) is 18.5 Å². The maximum absolute atomic E-state index is 12.6. The summed E-state index contributed by atoms with van der Waals surface area (Å²) in [5, 5.41) is 0. The van der Waals surface area contributed by atoms with Gasteiger partial charge in [-0.05, 0) is 31.2 Å². The number of aromatic amines is 1. The molecule has 2 aromatic heterocycles. The van der Waals surface area contributed by atoms with E-state index in [1.165, 1.54) is 0 Å². The second kappa shape index (κ2) is 6.94. The SMILES string of the molecule is Cc1nc(-c2ncc[nH]2)cc(C2CCCN(C(=O)CC(C)(C)C)C2)n1. The molecule has 1 unspecified atom stereocenters. The molecule has 25 heavy (non-hydrogen) atoms. The van der Waals surface area contributed by atoms with Crippen LogP contribution in [0.25, 0.3) is 11.5 Å². The second-order valence-corrected chi connectivity index (χ2v) is 8.08. The highest BCUT2D eigenvalue weighted by molar-refractivity contribution is 5.77. The van der Waals surface area contributed by atoms with E-state index in [1.807, 2.05) is 17.9 Å². The zero-order valence-corrected chi connectivity index (χ0v) is 15.5. The maximum Gasteiger partial charge on any atom is 0.223 e. The highest BCUT2D eigenvalue weighted by Gasteiger charge is 2.28. The van der Waals surface area contributed by atoms with Gasteiger partial charge in [0.05, 0.1) is 0 Å². The van der Waals surface area contributed by atoms with Crippen molar-refractivity contribution >= 4 is 5.91 Å². The number of piperidine rings is 1. The van der Waals surface area contributed by atoms with Crippen LogP contribution in [0.5, 0.6) is 0 Å². The van der Waals surface area contributed by atoms with Crippen LogP contribution in [-0.4, -0.2) is 43.8 Å². The summed E-state index contributed by atoms with van der Waals surface area (Å²) < 4.78 is 0. The third-order valence-corrected chi connectivity index (χ3v) is 4.47. The minimum Gasteiger partial charge on any atom is -0.343 e. The van der Waals surface area contributed by atoms with Crippen molar-refractivity contribution < 1.29 is 4.79 Å². The van der Waals surface area contributed by atoms with Crippen LogP contribution < -0.4 is 0 Å². The van der Waals surface area contributed by atoms with Crippen LogP contribution in [-0.2, 0) is 4.79 Å². The lowest BCUT2D eigenvalue weighted by atomic mass is 9.89. The molecule has 1 atom stereocenters. The number of nitrogens with zero attached hydrogens (tertiary/aromatic N) is 4. The van der Waals surface area contributed by atoms with Crippen molar-refractivity contribution in [2.24, 2.45) is 5.41 Å². The fourth-order valence-corrected chi connectivity index (χ4v) is 3.34. The number of rotatable bonds is 3. The van der Waals surface area contributed by atoms with Crippen LogP contribution in [0.4, 0.5) is 0 Å². The minimum atomic E-state index is 0.0159. The Morgan fingerprint density at radius 2 is 2.16 bits per heavy atom. The average Bonchev–Trinajstić information content (AvgIpc) is 3.07. The summed E-state index contributed by atoms with van der Waals surface area (Å²) in [4.78, 5) is 31.1. The Balaban J connectivity index is 1.78. The molecule has 1 fully saturated rings. The lowest BCUT2D eigenvalue weighted by Gasteiger charge is -2.34. The number of hydrogen-bond donors (Lipinski definition) is 1. The van der Waals surface area contributed by atoms with Gasteiger partial charge in [0.2, 0.25) is 5.91 Å². The van der Waals surface area contributed by atoms with E-state index in [1.54, 1.807) is 12.4 Å². The number of amides is 1. The second-order valence-electron chi connectivity index (χ2n) is 8.08. The summed E-state index contributed by atoms with van der Waals surface area (Å²) in [6.45, 7) is 9.81. The van der Waals surface area contributed by atoms with Gasteiger partial charge in [-0.3, -0.25) is 4.79 Å². The molecule has 1 aliphatic heterocycles. The number of aromatic nitrogens is 4. The summed E-state index contributed by atoms with van der Waals surface area (Å²) in [6, 6.07) is 2.01. The van der Waals surface area contributed by atoms with Crippen molar-refractivity contribution in [1.29, 1.82) is 0 Å². The number of hydrogen-bond acceptors (Lipinski definition) is 4. The number of likely N-dealkylation sites (tertiary alicyclic amines) is 1. The van der Waals surface area contributed by atoms with Crippen molar-refractivity contribution in [2.75, 3.05) is 13.1 Å². The summed E-state index contributed by atoms with van der Waals surface area (Å²) in [5.74, 6) is 1.99. The third-order valence-electron chi connectivity index (χ3n) is 4.47. The van der Waals surface area contributed by atoms with E-state index in [4.69, 9.17) is 0 Å². The number of imidazole rings is 1. The maximum atomic E-state index is 12.6. The molecular formula is C19H27N5O. The molecule has 1 aliphatic rings. The highest BCUT2D eigenvalue weighted by atomic mass is 16.2. The van der Waals surface area contributed by atoms with Crippen LogP contribution in [0, 0.1) is 12.3 Å². The molecule has 2 aromatic rings. The molecule has 6 heteroatoms. The minimum absolute atomic E-state index is 0.0159. The van der Waals surface area contributed by atoms with Gasteiger partial charge < -0.3 is 9.88 Å². The first-order valence-electron chi connectivity index (χ1n) is 8.95. The number of carbonyl (C=O) groups excluding carboxylic acids is 1. The van der Waals surface area contributed by atoms with Crippen molar-refractivity contribution in [1.82, 2.24) is 24.8 Å². The first-order chi connectivity index (χ1) is 11.8. The number of nitrogens with one attached hydrogen (secondary N) is 1. The lowest BCUT2D eigenvalue weighted by Crippen LogP contribution is -2.40. The predicted octanol–water partition coefficient (Wildman–Crippen LogP) is 3.32. The van der Waals surface area contributed by atoms with E-state index in [0.29, 0.717) is 6.42 Å². The first-order valence-corrected chi connectivity index (χ1v) is 8.95. The van der Waals surface area contributed by atoms with Crippen LogP contribution in [0.1, 0.15) is 57.5 Å². The monoisotopic (exact) mass is 341 g/mol. The molecule has 3 rings (SSSR count).